The van der Waals surface area contributed by atoms with Crippen molar-refractivity contribution in [2.45, 2.75) is 19.4 Å². The van der Waals surface area contributed by atoms with Gasteiger partial charge in [-0.05, 0) is 30.7 Å². The normalized spacial score (nSPS) is 12.4. The van der Waals surface area contributed by atoms with Gasteiger partial charge < -0.3 is 5.32 Å². The molecule has 5 heteroatoms. The lowest BCUT2D eigenvalue weighted by atomic mass is 10.0. The molecule has 0 saturated heterocycles. The Kier molecular flexibility index (Phi) is 4.82. The van der Waals surface area contributed by atoms with Gasteiger partial charge in [-0.15, -0.1) is 0 Å². The molecule has 1 aromatic heterocycles. The minimum atomic E-state index is -0.360. The first-order valence-electron chi connectivity index (χ1n) is 6.14. The number of rotatable bonds is 5. The Hall–Kier alpha value is -1.52. The van der Waals surface area contributed by atoms with E-state index in [1.54, 1.807) is 24.4 Å². The average Bonchev–Trinajstić information content (AvgIpc) is 2.44. The maximum atomic E-state index is 13.9. The minimum absolute atomic E-state index is 0.0547. The summed E-state index contributed by atoms with van der Waals surface area (Å²) in [5.74, 6) is -0.360. The second-order valence-corrected chi connectivity index (χ2v) is 4.57. The fourth-order valence-electron chi connectivity index (χ4n) is 1.96. The zero-order valence-electron chi connectivity index (χ0n) is 10.6. The van der Waals surface area contributed by atoms with Gasteiger partial charge in [0.2, 0.25) is 0 Å². The molecule has 0 radical (unpaired) electrons. The van der Waals surface area contributed by atoms with Crippen LogP contribution in [-0.2, 0) is 6.42 Å². The van der Waals surface area contributed by atoms with Gasteiger partial charge in [-0.25, -0.2) is 14.4 Å². The molecular weight excluding hydrogens is 265 g/mol. The van der Waals surface area contributed by atoms with E-state index in [0.29, 0.717) is 12.0 Å². The lowest BCUT2D eigenvalue weighted by molar-refractivity contribution is 0.517. The summed E-state index contributed by atoms with van der Waals surface area (Å²) in [5, 5.41) is 3.44. The predicted molar refractivity (Wildman–Crippen MR) is 73.6 cm³/mol. The molecule has 100 valence electrons. The first-order valence-corrected chi connectivity index (χ1v) is 6.52. The molecule has 0 fully saturated rings. The first-order chi connectivity index (χ1) is 9.22. The molecule has 0 saturated carbocycles. The van der Waals surface area contributed by atoms with Crippen molar-refractivity contribution < 1.29 is 4.39 Å². The fourth-order valence-corrected chi connectivity index (χ4v) is 2.15. The number of hydrogen-bond donors (Lipinski definition) is 1. The van der Waals surface area contributed by atoms with E-state index in [4.69, 9.17) is 11.6 Å². The highest BCUT2D eigenvalue weighted by Gasteiger charge is 2.15. The minimum Gasteiger partial charge on any atom is -0.309 e. The van der Waals surface area contributed by atoms with Gasteiger partial charge in [0.15, 0.2) is 0 Å². The molecule has 1 aromatic carbocycles. The van der Waals surface area contributed by atoms with E-state index >= 15 is 0 Å². The number of halogens is 2. The molecule has 2 rings (SSSR count). The highest BCUT2D eigenvalue weighted by Crippen LogP contribution is 2.23. The largest absolute Gasteiger partial charge is 0.309 e. The van der Waals surface area contributed by atoms with E-state index in [1.165, 1.54) is 6.33 Å². The molecule has 0 amide bonds. The Morgan fingerprint density at radius 2 is 2.21 bits per heavy atom. The van der Waals surface area contributed by atoms with Crippen molar-refractivity contribution in [3.8, 4) is 0 Å². The quantitative estimate of drug-likeness (QED) is 0.914. The number of likely N-dealkylation sites (N-methyl/N-ethyl adjacent to an activating group) is 1. The van der Waals surface area contributed by atoms with Gasteiger partial charge in [-0.1, -0.05) is 30.7 Å². The van der Waals surface area contributed by atoms with Gasteiger partial charge >= 0.3 is 0 Å². The van der Waals surface area contributed by atoms with E-state index in [-0.39, 0.29) is 16.9 Å². The van der Waals surface area contributed by atoms with E-state index in [9.17, 15) is 4.39 Å². The molecule has 3 nitrogen and oxygen atoms in total. The van der Waals surface area contributed by atoms with Crippen LogP contribution in [0.3, 0.4) is 0 Å². The molecule has 1 N–H and O–H groups in total. The third kappa shape index (κ3) is 3.49. The van der Waals surface area contributed by atoms with Crippen LogP contribution in [0.4, 0.5) is 4.39 Å². The van der Waals surface area contributed by atoms with Crippen molar-refractivity contribution in [3.63, 3.8) is 0 Å². The highest BCUT2D eigenvalue weighted by atomic mass is 35.5. The van der Waals surface area contributed by atoms with Gasteiger partial charge in [0.1, 0.15) is 12.1 Å². The molecule has 1 atom stereocenters. The van der Waals surface area contributed by atoms with Gasteiger partial charge in [0, 0.05) is 6.20 Å². The summed E-state index contributed by atoms with van der Waals surface area (Å²) in [7, 11) is 0. The molecule has 0 aliphatic carbocycles. The number of benzene rings is 1. The van der Waals surface area contributed by atoms with Crippen molar-refractivity contribution in [3.05, 3.63) is 58.9 Å². The highest BCUT2D eigenvalue weighted by molar-refractivity contribution is 6.30. The zero-order chi connectivity index (χ0) is 13.7. The summed E-state index contributed by atoms with van der Waals surface area (Å²) < 4.78 is 13.9. The van der Waals surface area contributed by atoms with E-state index < -0.39 is 0 Å². The van der Waals surface area contributed by atoms with Crippen molar-refractivity contribution in [1.82, 2.24) is 15.3 Å². The molecule has 1 heterocycles. The summed E-state index contributed by atoms with van der Waals surface area (Å²) in [4.78, 5) is 8.11. The average molecular weight is 280 g/mol. The smallest absolute Gasteiger partial charge is 0.145 e. The SMILES string of the molecule is CCNC(Cc1cccc(Cl)c1F)c1ccncn1. The summed E-state index contributed by atoms with van der Waals surface area (Å²) in [6, 6.07) is 6.82. The number of nitrogens with zero attached hydrogens (tertiary/aromatic N) is 2. The van der Waals surface area contributed by atoms with E-state index in [0.717, 1.165) is 12.2 Å². The van der Waals surface area contributed by atoms with Crippen LogP contribution < -0.4 is 5.32 Å². The van der Waals surface area contributed by atoms with Gasteiger partial charge in [0.05, 0.1) is 16.8 Å². The van der Waals surface area contributed by atoms with Crippen LogP contribution in [0.25, 0.3) is 0 Å². The topological polar surface area (TPSA) is 37.8 Å². The maximum Gasteiger partial charge on any atom is 0.145 e. The van der Waals surface area contributed by atoms with E-state index in [1.807, 2.05) is 13.0 Å². The number of aromatic nitrogens is 2. The third-order valence-corrected chi connectivity index (χ3v) is 3.16. The standard InChI is InChI=1S/C14H15ClFN3/c1-2-18-13(12-6-7-17-9-19-12)8-10-4-3-5-11(15)14(10)16/h3-7,9,13,18H,2,8H2,1H3. The van der Waals surface area contributed by atoms with Crippen molar-refractivity contribution >= 4 is 11.6 Å². The van der Waals surface area contributed by atoms with Crippen LogP contribution in [0.15, 0.2) is 36.8 Å². The predicted octanol–water partition coefficient (Wildman–Crippen LogP) is 3.16. The Morgan fingerprint density at radius 3 is 2.89 bits per heavy atom. The Bertz CT molecular complexity index is 533. The molecule has 2 aromatic rings. The van der Waals surface area contributed by atoms with Crippen LogP contribution in [0.2, 0.25) is 5.02 Å². The number of hydrogen-bond acceptors (Lipinski definition) is 3. The van der Waals surface area contributed by atoms with E-state index in [2.05, 4.69) is 15.3 Å². The van der Waals surface area contributed by atoms with Crippen molar-refractivity contribution in [1.29, 1.82) is 0 Å². The summed E-state index contributed by atoms with van der Waals surface area (Å²) in [5.41, 5.74) is 1.42. The Balaban J connectivity index is 2.24. The van der Waals surface area contributed by atoms with Crippen LogP contribution in [-0.4, -0.2) is 16.5 Å². The fraction of sp³-hybridized carbons (Fsp3) is 0.286. The Morgan fingerprint density at radius 1 is 1.37 bits per heavy atom. The summed E-state index contributed by atoms with van der Waals surface area (Å²) in [6.45, 7) is 2.78. The van der Waals surface area contributed by atoms with Crippen molar-refractivity contribution in [2.24, 2.45) is 0 Å². The summed E-state index contributed by atoms with van der Waals surface area (Å²) in [6.07, 6.45) is 3.67. The molecule has 0 bridgehead atoms. The van der Waals surface area contributed by atoms with Crippen LogP contribution in [0, 0.1) is 5.82 Å². The summed E-state index contributed by atoms with van der Waals surface area (Å²) >= 11 is 5.80. The van der Waals surface area contributed by atoms with Gasteiger partial charge in [-0.3, -0.25) is 0 Å². The molecule has 1 unspecified atom stereocenters. The lowest BCUT2D eigenvalue weighted by Gasteiger charge is -2.17. The molecular formula is C14H15ClFN3. The first kappa shape index (κ1) is 13.9. The second-order valence-electron chi connectivity index (χ2n) is 4.16. The Labute approximate surface area is 116 Å². The maximum absolute atomic E-state index is 13.9. The third-order valence-electron chi connectivity index (χ3n) is 2.87. The molecule has 0 aliphatic rings. The zero-order valence-corrected chi connectivity index (χ0v) is 11.4. The molecule has 0 spiro atoms. The molecule has 0 aliphatic heterocycles. The van der Waals surface area contributed by atoms with Gasteiger partial charge in [-0.2, -0.15) is 0 Å². The monoisotopic (exact) mass is 279 g/mol. The molecule has 19 heavy (non-hydrogen) atoms. The van der Waals surface area contributed by atoms with Crippen molar-refractivity contribution in [2.75, 3.05) is 6.54 Å². The van der Waals surface area contributed by atoms with Gasteiger partial charge in [0.25, 0.3) is 0 Å². The second kappa shape index (κ2) is 6.59. The lowest BCUT2D eigenvalue weighted by Crippen LogP contribution is -2.24. The van der Waals surface area contributed by atoms with Crippen LogP contribution in [0.5, 0.6) is 0 Å². The number of nitrogens with one attached hydrogen (secondary N) is 1. The van der Waals surface area contributed by atoms with Crippen LogP contribution in [0.1, 0.15) is 24.2 Å². The van der Waals surface area contributed by atoms with Crippen LogP contribution >= 0.6 is 11.6 Å².